The Balaban J connectivity index is 2.42. The largest absolute Gasteiger partial charge is 0.316 e. The molecule has 0 saturated heterocycles. The van der Waals surface area contributed by atoms with E-state index in [-0.39, 0.29) is 15.0 Å². The van der Waals surface area contributed by atoms with E-state index in [0.717, 1.165) is 11.3 Å². The Morgan fingerprint density at radius 1 is 1.29 bits per heavy atom. The van der Waals surface area contributed by atoms with Crippen LogP contribution in [0, 0.1) is 6.92 Å². The Labute approximate surface area is 136 Å². The van der Waals surface area contributed by atoms with Gasteiger partial charge >= 0.3 is 0 Å². The fourth-order valence-electron chi connectivity index (χ4n) is 1.63. The van der Waals surface area contributed by atoms with Crippen LogP contribution in [0.3, 0.4) is 0 Å². The first-order valence-corrected chi connectivity index (χ1v) is 8.85. The van der Waals surface area contributed by atoms with Crippen molar-refractivity contribution in [1.29, 1.82) is 0 Å². The van der Waals surface area contributed by atoms with Gasteiger partial charge in [0.05, 0.1) is 5.02 Å². The molecule has 0 radical (unpaired) electrons. The third kappa shape index (κ3) is 3.64. The molecule has 0 amide bonds. The zero-order chi connectivity index (χ0) is 15.6. The summed E-state index contributed by atoms with van der Waals surface area (Å²) in [6.07, 6.45) is 0. The van der Waals surface area contributed by atoms with Crippen LogP contribution in [0.15, 0.2) is 17.0 Å². The normalized spacial score (nSPS) is 11.6. The van der Waals surface area contributed by atoms with E-state index in [9.17, 15) is 8.42 Å². The van der Waals surface area contributed by atoms with Gasteiger partial charge < -0.3 is 5.32 Å². The van der Waals surface area contributed by atoms with E-state index >= 15 is 0 Å². The first-order chi connectivity index (χ1) is 9.85. The topological polar surface area (TPSA) is 84.0 Å². The highest BCUT2D eigenvalue weighted by Gasteiger charge is 2.22. The summed E-state index contributed by atoms with van der Waals surface area (Å²) in [5, 5.41) is 11.7. The van der Waals surface area contributed by atoms with Crippen molar-refractivity contribution in [2.24, 2.45) is 0 Å². The van der Waals surface area contributed by atoms with Gasteiger partial charge in [0.1, 0.15) is 9.90 Å². The van der Waals surface area contributed by atoms with E-state index in [2.05, 4.69) is 20.2 Å². The minimum absolute atomic E-state index is 0.0494. The number of nitrogens with zero attached hydrogens (tertiary/aromatic N) is 2. The maximum absolute atomic E-state index is 12.4. The molecule has 0 atom stereocenters. The number of hydrogen-bond donors (Lipinski definition) is 2. The summed E-state index contributed by atoms with van der Waals surface area (Å²) in [6.45, 7) is 2.09. The highest BCUT2D eigenvalue weighted by Crippen LogP contribution is 2.32. The van der Waals surface area contributed by atoms with Crippen molar-refractivity contribution < 1.29 is 8.42 Å². The molecular formula is C11H12Cl2N4O2S2. The Kier molecular flexibility index (Phi) is 5.05. The van der Waals surface area contributed by atoms with E-state index < -0.39 is 10.0 Å². The highest BCUT2D eigenvalue weighted by molar-refractivity contribution is 7.93. The molecule has 0 spiro atoms. The molecule has 0 aliphatic rings. The van der Waals surface area contributed by atoms with Gasteiger partial charge in [-0.25, -0.2) is 8.42 Å². The summed E-state index contributed by atoms with van der Waals surface area (Å²) < 4.78 is 27.1. The van der Waals surface area contributed by atoms with Gasteiger partial charge in [0.25, 0.3) is 10.0 Å². The Morgan fingerprint density at radius 2 is 2.00 bits per heavy atom. The molecule has 6 nitrogen and oxygen atoms in total. The summed E-state index contributed by atoms with van der Waals surface area (Å²) in [5.74, 6) is 0. The zero-order valence-electron chi connectivity index (χ0n) is 11.1. The molecule has 1 heterocycles. The summed E-state index contributed by atoms with van der Waals surface area (Å²) in [6, 6.07) is 2.86. The third-order valence-electron chi connectivity index (χ3n) is 2.54. The molecule has 0 bridgehead atoms. The fourth-order valence-corrected chi connectivity index (χ4v) is 4.37. The van der Waals surface area contributed by atoms with Crippen molar-refractivity contribution in [2.75, 3.05) is 11.8 Å². The summed E-state index contributed by atoms with van der Waals surface area (Å²) in [7, 11) is -2.13. The van der Waals surface area contributed by atoms with Gasteiger partial charge in [-0.15, -0.1) is 10.2 Å². The second-order valence-corrected chi connectivity index (χ2v) is 7.72. The van der Waals surface area contributed by atoms with Crippen LogP contribution in [-0.2, 0) is 16.6 Å². The average molecular weight is 367 g/mol. The first-order valence-electron chi connectivity index (χ1n) is 5.79. The molecular weight excluding hydrogens is 355 g/mol. The van der Waals surface area contributed by atoms with Crippen molar-refractivity contribution >= 4 is 49.7 Å². The van der Waals surface area contributed by atoms with Crippen molar-refractivity contribution in [3.63, 3.8) is 0 Å². The molecule has 0 aliphatic carbocycles. The van der Waals surface area contributed by atoms with Crippen molar-refractivity contribution in [2.45, 2.75) is 18.4 Å². The maximum Gasteiger partial charge on any atom is 0.265 e. The molecule has 10 heteroatoms. The lowest BCUT2D eigenvalue weighted by molar-refractivity contribution is 0.601. The van der Waals surface area contributed by atoms with Crippen LogP contribution in [0.25, 0.3) is 0 Å². The number of sulfonamides is 1. The minimum atomic E-state index is -3.85. The van der Waals surface area contributed by atoms with E-state index in [1.165, 1.54) is 12.1 Å². The zero-order valence-corrected chi connectivity index (χ0v) is 14.3. The van der Waals surface area contributed by atoms with Crippen LogP contribution in [0.2, 0.25) is 10.0 Å². The van der Waals surface area contributed by atoms with Gasteiger partial charge in [-0.2, -0.15) is 0 Å². The molecule has 0 fully saturated rings. The summed E-state index contributed by atoms with van der Waals surface area (Å²) >= 11 is 13.3. The van der Waals surface area contributed by atoms with Crippen LogP contribution in [0.5, 0.6) is 0 Å². The number of rotatable bonds is 5. The van der Waals surface area contributed by atoms with Crippen molar-refractivity contribution in [1.82, 2.24) is 15.5 Å². The Hall–Kier alpha value is -0.930. The fraction of sp³-hybridized carbons (Fsp3) is 0.273. The first kappa shape index (κ1) is 16.4. The lowest BCUT2D eigenvalue weighted by atomic mass is 10.2. The molecule has 2 rings (SSSR count). The number of aryl methyl sites for hydroxylation is 1. The Morgan fingerprint density at radius 3 is 2.57 bits per heavy atom. The van der Waals surface area contributed by atoms with Crippen LogP contribution in [0.1, 0.15) is 10.6 Å². The maximum atomic E-state index is 12.4. The molecule has 21 heavy (non-hydrogen) atoms. The molecule has 2 N–H and O–H groups in total. The predicted octanol–water partition coefficient (Wildman–Crippen LogP) is 2.67. The van der Waals surface area contributed by atoms with Gasteiger partial charge in [0.15, 0.2) is 0 Å². The third-order valence-corrected chi connectivity index (χ3v) is 5.70. The molecule has 0 saturated carbocycles. The summed E-state index contributed by atoms with van der Waals surface area (Å²) in [5.41, 5.74) is 0.525. The molecule has 2 aromatic rings. The monoisotopic (exact) mass is 366 g/mol. The highest BCUT2D eigenvalue weighted by atomic mass is 35.5. The van der Waals surface area contributed by atoms with E-state index in [1.54, 1.807) is 14.0 Å². The van der Waals surface area contributed by atoms with Gasteiger partial charge in [0.2, 0.25) is 5.13 Å². The van der Waals surface area contributed by atoms with Crippen molar-refractivity contribution in [3.05, 3.63) is 32.7 Å². The van der Waals surface area contributed by atoms with E-state index in [0.29, 0.717) is 22.1 Å². The second-order valence-electron chi connectivity index (χ2n) is 4.10. The average Bonchev–Trinajstić information content (AvgIpc) is 2.78. The van der Waals surface area contributed by atoms with E-state index in [1.807, 2.05) is 0 Å². The van der Waals surface area contributed by atoms with Gasteiger partial charge in [0, 0.05) is 17.1 Å². The number of hydrogen-bond acceptors (Lipinski definition) is 6. The predicted molar refractivity (Wildman–Crippen MR) is 84.7 cm³/mol. The molecule has 1 aromatic heterocycles. The quantitative estimate of drug-likeness (QED) is 0.849. The number of benzene rings is 1. The number of nitrogens with one attached hydrogen (secondary N) is 2. The summed E-state index contributed by atoms with van der Waals surface area (Å²) in [4.78, 5) is -0.0494. The van der Waals surface area contributed by atoms with Crippen LogP contribution in [0.4, 0.5) is 5.13 Å². The Bertz CT molecular complexity index is 762. The van der Waals surface area contributed by atoms with Gasteiger partial charge in [-0.1, -0.05) is 34.5 Å². The number of aromatic nitrogens is 2. The molecule has 0 aliphatic heterocycles. The number of anilines is 1. The van der Waals surface area contributed by atoms with Gasteiger partial charge in [-0.05, 0) is 26.1 Å². The SMILES string of the molecule is CNCc1c(Cl)ccc(S(=O)(=O)Nc2nnc(C)s2)c1Cl. The molecule has 114 valence electrons. The molecule has 1 aromatic carbocycles. The smallest absolute Gasteiger partial charge is 0.265 e. The van der Waals surface area contributed by atoms with Crippen molar-refractivity contribution in [3.8, 4) is 0 Å². The van der Waals surface area contributed by atoms with Crippen LogP contribution >= 0.6 is 34.5 Å². The van der Waals surface area contributed by atoms with E-state index in [4.69, 9.17) is 23.2 Å². The second kappa shape index (κ2) is 6.45. The minimum Gasteiger partial charge on any atom is -0.316 e. The van der Waals surface area contributed by atoms with Crippen LogP contribution < -0.4 is 10.0 Å². The molecule has 0 unspecified atom stereocenters. The number of halogens is 2. The van der Waals surface area contributed by atoms with Gasteiger partial charge in [-0.3, -0.25) is 4.72 Å². The lowest BCUT2D eigenvalue weighted by Gasteiger charge is -2.12. The lowest BCUT2D eigenvalue weighted by Crippen LogP contribution is -2.15. The standard InChI is InChI=1S/C11H12Cl2N4O2S2/c1-6-15-16-11(20-6)17-21(18,19)9-4-3-8(12)7(5-14-2)10(9)13/h3-4,14H,5H2,1-2H3,(H,16,17). The van der Waals surface area contributed by atoms with Crippen LogP contribution in [-0.4, -0.2) is 25.7 Å².